The van der Waals surface area contributed by atoms with Crippen LogP contribution in [0.15, 0.2) is 18.2 Å². The number of benzene rings is 1. The van der Waals surface area contributed by atoms with Gasteiger partial charge in [0.05, 0.1) is 21.5 Å². The number of halogens is 2. The molecule has 2 rings (SSSR count). The molecule has 0 bridgehead atoms. The molecule has 1 unspecified atom stereocenters. The van der Waals surface area contributed by atoms with E-state index in [0.29, 0.717) is 10.0 Å². The highest BCUT2D eigenvalue weighted by molar-refractivity contribution is 6.42. The predicted molar refractivity (Wildman–Crippen MR) is 97.1 cm³/mol. The van der Waals surface area contributed by atoms with Gasteiger partial charge in [-0.15, -0.1) is 0 Å². The lowest BCUT2D eigenvalue weighted by atomic mass is 9.84. The number of amides is 1. The van der Waals surface area contributed by atoms with Crippen molar-refractivity contribution in [3.8, 4) is 0 Å². The number of nitrogens with one attached hydrogen (secondary N) is 1. The molecule has 1 amide bonds. The number of piperidine rings is 1. The second-order valence-electron chi connectivity index (χ2n) is 7.64. The maximum absolute atomic E-state index is 12.7. The first-order chi connectivity index (χ1) is 10.5. The number of likely N-dealkylation sites (tertiary alicyclic amines) is 1. The third-order valence-electron chi connectivity index (χ3n) is 5.06. The van der Waals surface area contributed by atoms with Gasteiger partial charge in [0.2, 0.25) is 5.91 Å². The van der Waals surface area contributed by atoms with Crippen LogP contribution in [0, 0.1) is 5.92 Å². The Kier molecular flexibility index (Phi) is 5.34. The molecule has 0 aliphatic carbocycles. The minimum Gasteiger partial charge on any atom is -0.347 e. The van der Waals surface area contributed by atoms with Crippen molar-refractivity contribution >= 4 is 29.1 Å². The Morgan fingerprint density at radius 2 is 2.00 bits per heavy atom. The highest BCUT2D eigenvalue weighted by Crippen LogP contribution is 2.34. The minimum absolute atomic E-state index is 0.00487. The van der Waals surface area contributed by atoms with Crippen molar-refractivity contribution in [3.05, 3.63) is 33.8 Å². The third kappa shape index (κ3) is 4.01. The number of carbonyl (C=O) groups is 1. The van der Waals surface area contributed by atoms with Gasteiger partial charge in [-0.25, -0.2) is 0 Å². The molecule has 5 heteroatoms. The van der Waals surface area contributed by atoms with Crippen molar-refractivity contribution in [3.63, 3.8) is 0 Å². The van der Waals surface area contributed by atoms with Gasteiger partial charge in [-0.2, -0.15) is 0 Å². The Labute approximate surface area is 149 Å². The van der Waals surface area contributed by atoms with Gasteiger partial charge in [0.25, 0.3) is 0 Å². The van der Waals surface area contributed by atoms with Gasteiger partial charge in [-0.05, 0) is 59.2 Å². The van der Waals surface area contributed by atoms with E-state index >= 15 is 0 Å². The molecule has 23 heavy (non-hydrogen) atoms. The summed E-state index contributed by atoms with van der Waals surface area (Å²) in [6, 6.07) is 5.52. The van der Waals surface area contributed by atoms with Crippen LogP contribution in [0.4, 0.5) is 0 Å². The number of hydrogen-bond donors (Lipinski definition) is 1. The van der Waals surface area contributed by atoms with Crippen LogP contribution in [0.1, 0.15) is 46.1 Å². The Morgan fingerprint density at radius 3 is 2.61 bits per heavy atom. The summed E-state index contributed by atoms with van der Waals surface area (Å²) in [5.74, 6) is 0.0821. The molecule has 1 aromatic carbocycles. The maximum Gasteiger partial charge on any atom is 0.225 e. The molecule has 1 aliphatic heterocycles. The zero-order chi connectivity index (χ0) is 17.4. The topological polar surface area (TPSA) is 32.3 Å². The third-order valence-corrected chi connectivity index (χ3v) is 5.88. The molecule has 0 spiro atoms. The normalized spacial score (nSPS) is 22.0. The van der Waals surface area contributed by atoms with Crippen LogP contribution in [0.5, 0.6) is 0 Å². The van der Waals surface area contributed by atoms with Crippen LogP contribution < -0.4 is 5.32 Å². The van der Waals surface area contributed by atoms with Gasteiger partial charge < -0.3 is 10.2 Å². The molecule has 1 fully saturated rings. The summed E-state index contributed by atoms with van der Waals surface area (Å²) in [7, 11) is 2.08. The van der Waals surface area contributed by atoms with Crippen LogP contribution in [0.25, 0.3) is 0 Å². The van der Waals surface area contributed by atoms with Crippen molar-refractivity contribution < 1.29 is 4.79 Å². The number of carbonyl (C=O) groups excluding carboxylic acids is 1. The van der Waals surface area contributed by atoms with E-state index in [9.17, 15) is 4.79 Å². The Morgan fingerprint density at radius 1 is 1.35 bits per heavy atom. The van der Waals surface area contributed by atoms with Gasteiger partial charge in [0.1, 0.15) is 0 Å². The minimum atomic E-state index is -0.565. The highest BCUT2D eigenvalue weighted by atomic mass is 35.5. The zero-order valence-corrected chi connectivity index (χ0v) is 16.1. The molecule has 1 heterocycles. The highest BCUT2D eigenvalue weighted by Gasteiger charge is 2.36. The SMILES string of the molecule is CN1CC(C(=O)NC(C)(C)c2cccc(Cl)c2Cl)CCC1(C)C. The lowest BCUT2D eigenvalue weighted by Gasteiger charge is -2.43. The molecule has 1 aliphatic rings. The molecule has 1 aromatic rings. The van der Waals surface area contributed by atoms with Crippen LogP contribution in [0.2, 0.25) is 10.0 Å². The molecular weight excluding hydrogens is 331 g/mol. The maximum atomic E-state index is 12.7. The van der Waals surface area contributed by atoms with Crippen LogP contribution in [-0.4, -0.2) is 29.9 Å². The molecule has 1 saturated heterocycles. The van der Waals surface area contributed by atoms with E-state index in [1.165, 1.54) is 0 Å². The van der Waals surface area contributed by atoms with E-state index in [0.717, 1.165) is 24.9 Å². The van der Waals surface area contributed by atoms with Crippen LogP contribution >= 0.6 is 23.2 Å². The second kappa shape index (κ2) is 6.62. The lowest BCUT2D eigenvalue weighted by Crippen LogP contribution is -2.53. The van der Waals surface area contributed by atoms with E-state index < -0.39 is 5.54 Å². The zero-order valence-electron chi connectivity index (χ0n) is 14.5. The predicted octanol–water partition coefficient (Wildman–Crippen LogP) is 4.47. The number of hydrogen-bond acceptors (Lipinski definition) is 2. The summed E-state index contributed by atoms with van der Waals surface area (Å²) < 4.78 is 0. The van der Waals surface area contributed by atoms with Crippen molar-refractivity contribution in [1.82, 2.24) is 10.2 Å². The summed E-state index contributed by atoms with van der Waals surface area (Å²) in [5, 5.41) is 4.16. The molecule has 0 aromatic heterocycles. The molecule has 3 nitrogen and oxygen atoms in total. The fraction of sp³-hybridized carbons (Fsp3) is 0.611. The number of nitrogens with zero attached hydrogens (tertiary/aromatic N) is 1. The van der Waals surface area contributed by atoms with Crippen molar-refractivity contribution in [2.45, 2.75) is 51.6 Å². The molecule has 0 saturated carbocycles. The second-order valence-corrected chi connectivity index (χ2v) is 8.43. The van der Waals surface area contributed by atoms with E-state index in [4.69, 9.17) is 23.2 Å². The van der Waals surface area contributed by atoms with Crippen molar-refractivity contribution in [1.29, 1.82) is 0 Å². The average Bonchev–Trinajstić information content (AvgIpc) is 2.44. The summed E-state index contributed by atoms with van der Waals surface area (Å²) >= 11 is 12.4. The fourth-order valence-corrected chi connectivity index (χ4v) is 3.60. The first-order valence-corrected chi connectivity index (χ1v) is 8.78. The van der Waals surface area contributed by atoms with E-state index in [-0.39, 0.29) is 17.4 Å². The first-order valence-electron chi connectivity index (χ1n) is 8.02. The van der Waals surface area contributed by atoms with E-state index in [1.54, 1.807) is 6.07 Å². The van der Waals surface area contributed by atoms with Crippen molar-refractivity contribution in [2.75, 3.05) is 13.6 Å². The largest absolute Gasteiger partial charge is 0.347 e. The Hall–Kier alpha value is -0.770. The van der Waals surface area contributed by atoms with Crippen LogP contribution in [-0.2, 0) is 10.3 Å². The van der Waals surface area contributed by atoms with E-state index in [2.05, 4.69) is 31.1 Å². The van der Waals surface area contributed by atoms with Gasteiger partial charge in [-0.1, -0.05) is 35.3 Å². The smallest absolute Gasteiger partial charge is 0.225 e. The van der Waals surface area contributed by atoms with Gasteiger partial charge in [-0.3, -0.25) is 4.79 Å². The van der Waals surface area contributed by atoms with E-state index in [1.807, 2.05) is 26.0 Å². The molecule has 1 N–H and O–H groups in total. The summed E-state index contributed by atoms with van der Waals surface area (Å²) in [6.45, 7) is 9.13. The first kappa shape index (κ1) is 18.6. The monoisotopic (exact) mass is 356 g/mol. The Balaban J connectivity index is 2.11. The molecule has 1 atom stereocenters. The Bertz CT molecular complexity index is 599. The van der Waals surface area contributed by atoms with Gasteiger partial charge in [0, 0.05) is 12.1 Å². The van der Waals surface area contributed by atoms with Gasteiger partial charge >= 0.3 is 0 Å². The van der Waals surface area contributed by atoms with Crippen LogP contribution in [0.3, 0.4) is 0 Å². The lowest BCUT2D eigenvalue weighted by molar-refractivity contribution is -0.129. The van der Waals surface area contributed by atoms with Gasteiger partial charge in [0.15, 0.2) is 0 Å². The summed E-state index contributed by atoms with van der Waals surface area (Å²) in [5.41, 5.74) is 0.428. The fourth-order valence-electron chi connectivity index (χ4n) is 3.07. The van der Waals surface area contributed by atoms with Crippen molar-refractivity contribution in [2.24, 2.45) is 5.92 Å². The molecular formula is C18H26Cl2N2O. The summed E-state index contributed by atoms with van der Waals surface area (Å²) in [4.78, 5) is 15.0. The quantitative estimate of drug-likeness (QED) is 0.866. The molecule has 128 valence electrons. The number of rotatable bonds is 3. The average molecular weight is 357 g/mol. The summed E-state index contributed by atoms with van der Waals surface area (Å²) in [6.07, 6.45) is 1.92. The standard InChI is InChI=1S/C18H26Cl2N2O/c1-17(2)10-9-12(11-22(17)5)16(23)21-18(3,4)13-7-6-8-14(19)15(13)20/h6-8,12H,9-11H2,1-5H3,(H,21,23). The molecule has 0 radical (unpaired) electrons.